The van der Waals surface area contributed by atoms with Crippen LogP contribution in [0.15, 0.2) is 0 Å². The molecule has 0 bridgehead atoms. The van der Waals surface area contributed by atoms with Crippen LogP contribution in [0.2, 0.25) is 0 Å². The molecule has 0 aromatic heterocycles. The van der Waals surface area contributed by atoms with Gasteiger partial charge in [-0.05, 0) is 32.1 Å². The fourth-order valence-electron chi connectivity index (χ4n) is 3.73. The summed E-state index contributed by atoms with van der Waals surface area (Å²) in [7, 11) is -1.93. The Labute approximate surface area is 176 Å². The zero-order chi connectivity index (χ0) is 18.7. The molecule has 2 saturated carbocycles. The summed E-state index contributed by atoms with van der Waals surface area (Å²) in [6.45, 7) is 0. The van der Waals surface area contributed by atoms with Gasteiger partial charge in [-0.2, -0.15) is 21.3 Å². The smallest absolute Gasteiger partial charge is 0.469 e. The van der Waals surface area contributed by atoms with Gasteiger partial charge < -0.3 is 20.6 Å². The second-order valence-corrected chi connectivity index (χ2v) is 8.33. The molecular formula is C16H25NaO8S. The first kappa shape index (κ1) is 23.8. The number of rotatable bonds is 5. The summed E-state index contributed by atoms with van der Waals surface area (Å²) >= 11 is 0. The Morgan fingerprint density at radius 3 is 1.85 bits per heavy atom. The molecule has 0 aliphatic heterocycles. The van der Waals surface area contributed by atoms with E-state index in [1.165, 1.54) is 14.2 Å². The zero-order valence-electron chi connectivity index (χ0n) is 15.5. The van der Waals surface area contributed by atoms with E-state index in [4.69, 9.17) is 14.2 Å². The largest absolute Gasteiger partial charge is 1.00 e. The number of hydrogen-bond donors (Lipinski definition) is 1. The predicted octanol–water partition coefficient (Wildman–Crippen LogP) is -1.50. The molecule has 144 valence electrons. The molecule has 0 aromatic carbocycles. The first-order valence-corrected chi connectivity index (χ1v) is 9.78. The fourth-order valence-corrected chi connectivity index (χ4v) is 4.74. The summed E-state index contributed by atoms with van der Waals surface area (Å²) in [6, 6.07) is 0. The minimum Gasteiger partial charge on any atom is -0.469 e. The molecule has 0 heterocycles. The second-order valence-electron chi connectivity index (χ2n) is 6.64. The van der Waals surface area contributed by atoms with Crippen molar-refractivity contribution in [1.29, 1.82) is 0 Å². The summed E-state index contributed by atoms with van der Waals surface area (Å²) in [5.41, 5.74) is 0. The molecule has 0 aromatic rings. The van der Waals surface area contributed by atoms with Crippen LogP contribution in [-0.2, 0) is 33.9 Å². The van der Waals surface area contributed by atoms with E-state index in [1.54, 1.807) is 0 Å². The van der Waals surface area contributed by atoms with Crippen LogP contribution in [-0.4, -0.2) is 50.2 Å². The Balaban J connectivity index is 0.00000338. The molecular weight excluding hydrogens is 375 g/mol. The summed E-state index contributed by atoms with van der Waals surface area (Å²) in [6.07, 6.45) is 3.33. The third-order valence-electron chi connectivity index (χ3n) is 5.04. The fraction of sp³-hybridized carbons (Fsp3) is 0.812. The number of ether oxygens (including phenoxy) is 3. The Kier molecular flexibility index (Phi) is 9.02. The van der Waals surface area contributed by atoms with E-state index < -0.39 is 44.9 Å². The summed E-state index contributed by atoms with van der Waals surface area (Å²) < 4.78 is 49.0. The first-order chi connectivity index (χ1) is 11.7. The van der Waals surface area contributed by atoms with Crippen molar-refractivity contribution in [3.05, 3.63) is 6.42 Å². The van der Waals surface area contributed by atoms with Gasteiger partial charge in [-0.1, -0.05) is 0 Å². The van der Waals surface area contributed by atoms with Crippen molar-refractivity contribution in [1.82, 2.24) is 0 Å². The second kappa shape index (κ2) is 9.84. The maximum Gasteiger partial charge on any atom is 1.00 e. The maximum atomic E-state index is 12.0. The molecule has 0 spiro atoms. The van der Waals surface area contributed by atoms with Crippen LogP contribution in [0.3, 0.4) is 0 Å². The third kappa shape index (κ3) is 5.42. The minimum absolute atomic E-state index is 0. The van der Waals surface area contributed by atoms with Crippen LogP contribution in [0.25, 0.3) is 0 Å². The van der Waals surface area contributed by atoms with Gasteiger partial charge in [0.1, 0.15) is 0 Å². The molecule has 2 fully saturated rings. The van der Waals surface area contributed by atoms with E-state index in [9.17, 15) is 22.6 Å². The van der Waals surface area contributed by atoms with Gasteiger partial charge in [-0.3, -0.25) is 14.1 Å². The molecule has 2 rings (SSSR count). The van der Waals surface area contributed by atoms with Gasteiger partial charge >= 0.3 is 41.5 Å². The van der Waals surface area contributed by atoms with Crippen LogP contribution in [0.5, 0.6) is 0 Å². The van der Waals surface area contributed by atoms with Gasteiger partial charge in [0.2, 0.25) is 0 Å². The molecule has 2 aliphatic carbocycles. The Bertz CT molecular complexity index is 575. The molecule has 26 heavy (non-hydrogen) atoms. The van der Waals surface area contributed by atoms with Crippen LogP contribution in [0, 0.1) is 18.3 Å². The van der Waals surface area contributed by atoms with Crippen molar-refractivity contribution in [3.8, 4) is 0 Å². The number of carbonyl (C=O) groups is 2. The van der Waals surface area contributed by atoms with E-state index >= 15 is 0 Å². The average Bonchev–Trinajstić information content (AvgIpc) is 2.59. The molecule has 10 heteroatoms. The van der Waals surface area contributed by atoms with Crippen molar-refractivity contribution >= 4 is 22.1 Å². The molecule has 2 atom stereocenters. The van der Waals surface area contributed by atoms with Crippen molar-refractivity contribution < 1.29 is 66.3 Å². The van der Waals surface area contributed by atoms with E-state index in [-0.39, 0.29) is 61.7 Å². The number of carbonyl (C=O) groups excluding carboxylic acids is 2. The van der Waals surface area contributed by atoms with Gasteiger partial charge in [0.25, 0.3) is 10.1 Å². The third-order valence-corrected chi connectivity index (χ3v) is 6.49. The van der Waals surface area contributed by atoms with E-state index in [2.05, 4.69) is 0 Å². The average molecular weight is 400 g/mol. The Morgan fingerprint density at radius 2 is 1.46 bits per heavy atom. The maximum absolute atomic E-state index is 12.0. The zero-order valence-corrected chi connectivity index (χ0v) is 18.3. The van der Waals surface area contributed by atoms with E-state index in [0.717, 1.165) is 0 Å². The molecule has 1 N–H and O–H groups in total. The van der Waals surface area contributed by atoms with Crippen molar-refractivity contribution in [2.45, 2.75) is 56.0 Å². The SMILES string of the molecule is COC(=O)C1CC(OC2(S(=O)(=O)O)CC[CH-]CC2)CC(C(=O)OC)C1.[Na+]. The van der Waals surface area contributed by atoms with E-state index in [0.29, 0.717) is 12.8 Å². The summed E-state index contributed by atoms with van der Waals surface area (Å²) in [5.74, 6) is -2.11. The monoisotopic (exact) mass is 400 g/mol. The normalized spacial score (nSPS) is 28.5. The molecule has 2 aliphatic rings. The van der Waals surface area contributed by atoms with Crippen LogP contribution in [0.4, 0.5) is 0 Å². The number of methoxy groups -OCH3 is 2. The van der Waals surface area contributed by atoms with Gasteiger partial charge in [0.05, 0.1) is 32.2 Å². The molecule has 0 radical (unpaired) electrons. The summed E-state index contributed by atoms with van der Waals surface area (Å²) in [5, 5.41) is 0. The van der Waals surface area contributed by atoms with Crippen molar-refractivity contribution in [2.24, 2.45) is 11.8 Å². The van der Waals surface area contributed by atoms with Gasteiger partial charge in [0, 0.05) is 0 Å². The van der Waals surface area contributed by atoms with Crippen LogP contribution in [0.1, 0.15) is 44.9 Å². The van der Waals surface area contributed by atoms with E-state index in [1.807, 2.05) is 6.42 Å². The molecule has 8 nitrogen and oxygen atoms in total. The topological polar surface area (TPSA) is 116 Å². The predicted molar refractivity (Wildman–Crippen MR) is 86.8 cm³/mol. The van der Waals surface area contributed by atoms with Gasteiger partial charge in [-0.15, -0.1) is 0 Å². The molecule has 0 amide bonds. The van der Waals surface area contributed by atoms with Crippen molar-refractivity contribution in [2.75, 3.05) is 14.2 Å². The quantitative estimate of drug-likeness (QED) is 0.257. The van der Waals surface area contributed by atoms with Gasteiger partial charge in [-0.25, -0.2) is 0 Å². The Hall–Kier alpha value is -0.190. The molecule has 0 saturated heterocycles. The minimum atomic E-state index is -4.45. The van der Waals surface area contributed by atoms with Crippen LogP contribution < -0.4 is 29.6 Å². The number of hydrogen-bond acceptors (Lipinski definition) is 7. The standard InChI is InChI=1S/C16H25O8S.Na/c1-22-14(17)11-8-12(15(18)23-2)10-13(9-11)24-16(25(19,20)21)6-4-3-5-7-16;/h3,11-13H,4-10H2,1-2H3,(H,19,20,21);/q-1;+1. The molecule has 2 unspecified atom stereocenters. The number of esters is 2. The van der Waals surface area contributed by atoms with Crippen molar-refractivity contribution in [3.63, 3.8) is 0 Å². The summed E-state index contributed by atoms with van der Waals surface area (Å²) in [4.78, 5) is 22.2. The Morgan fingerprint density at radius 1 is 1.00 bits per heavy atom. The van der Waals surface area contributed by atoms with Gasteiger partial charge in [0.15, 0.2) is 4.93 Å². The van der Waals surface area contributed by atoms with Crippen LogP contribution >= 0.6 is 0 Å². The first-order valence-electron chi connectivity index (χ1n) is 8.34.